The Balaban J connectivity index is 1.90. The molecular weight excluding hydrogens is 467 g/mol. The molecule has 0 saturated heterocycles. The van der Waals surface area contributed by atoms with Crippen molar-refractivity contribution in [3.63, 3.8) is 0 Å². The summed E-state index contributed by atoms with van der Waals surface area (Å²) in [5.74, 6) is -3.13. The van der Waals surface area contributed by atoms with Gasteiger partial charge in [-0.15, -0.1) is 0 Å². The Bertz CT molecular complexity index is 1200. The minimum absolute atomic E-state index is 0.130. The van der Waals surface area contributed by atoms with E-state index < -0.39 is 49.3 Å². The number of carbonyl (C=O) groups is 1. The van der Waals surface area contributed by atoms with Crippen LogP contribution in [0, 0.1) is 0 Å². The molecule has 0 bridgehead atoms. The predicted molar refractivity (Wildman–Crippen MR) is 111 cm³/mol. The summed E-state index contributed by atoms with van der Waals surface area (Å²) >= 11 is 5.75. The van der Waals surface area contributed by atoms with Crippen molar-refractivity contribution in [2.75, 3.05) is 0 Å². The number of hydrogen-bond acceptors (Lipinski definition) is 6. The number of hydrogen-bond donors (Lipinski definition) is 1. The first-order valence-electron chi connectivity index (χ1n) is 8.57. The zero-order chi connectivity index (χ0) is 24.1. The number of carbonyl (C=O) groups excluding carboxylic acids is 1. The van der Waals surface area contributed by atoms with Crippen molar-refractivity contribution in [2.45, 2.75) is 16.2 Å². The molecule has 0 aliphatic carbocycles. The topological polar surface area (TPSA) is 95.7 Å². The van der Waals surface area contributed by atoms with E-state index in [1.165, 1.54) is 24.3 Å². The summed E-state index contributed by atoms with van der Waals surface area (Å²) in [7, 11) is 12.4. The maximum atomic E-state index is 12.8. The second kappa shape index (κ2) is 7.81. The molecule has 1 atom stereocenters. The lowest BCUT2D eigenvalue weighted by Crippen LogP contribution is -2.40. The summed E-state index contributed by atoms with van der Waals surface area (Å²) in [6.07, 6.45) is -4.63. The van der Waals surface area contributed by atoms with Crippen molar-refractivity contribution in [1.82, 2.24) is 0 Å². The first kappa shape index (κ1) is 24.1. The van der Waals surface area contributed by atoms with Gasteiger partial charge in [0.25, 0.3) is 0 Å². The van der Waals surface area contributed by atoms with Gasteiger partial charge in [0.1, 0.15) is 7.85 Å². The molecule has 1 heterocycles. The Morgan fingerprint density at radius 2 is 1.50 bits per heavy atom. The van der Waals surface area contributed by atoms with E-state index in [2.05, 4.69) is 0 Å². The largest absolute Gasteiger partial charge is 0.467 e. The Kier molecular flexibility index (Phi) is 5.88. The zero-order valence-corrected chi connectivity index (χ0v) is 17.5. The molecule has 2 aromatic rings. The number of halogens is 4. The summed E-state index contributed by atoms with van der Waals surface area (Å²) < 4.78 is 71.0. The quantitative estimate of drug-likeness (QED) is 0.523. The monoisotopic (exact) mass is 477 g/mol. The van der Waals surface area contributed by atoms with Crippen LogP contribution in [0.25, 0.3) is 0 Å². The van der Waals surface area contributed by atoms with Crippen molar-refractivity contribution in [2.24, 2.45) is 5.73 Å². The van der Waals surface area contributed by atoms with Crippen LogP contribution in [-0.2, 0) is 40.1 Å². The Labute approximate surface area is 190 Å². The van der Waals surface area contributed by atoms with Crippen LogP contribution in [0.3, 0.4) is 0 Å². The molecule has 6 nitrogen and oxygen atoms in total. The highest BCUT2D eigenvalue weighted by Crippen LogP contribution is 2.39. The van der Waals surface area contributed by atoms with E-state index in [1.54, 1.807) is 0 Å². The molecule has 2 N–H and O–H groups in total. The number of rotatable bonds is 5. The lowest BCUT2D eigenvalue weighted by Gasteiger charge is -2.26. The van der Waals surface area contributed by atoms with Gasteiger partial charge < -0.3 is 14.7 Å². The van der Waals surface area contributed by atoms with Gasteiger partial charge in [-0.05, 0) is 35.4 Å². The highest BCUT2D eigenvalue weighted by molar-refractivity contribution is 7.90. The lowest BCUT2D eigenvalue weighted by atomic mass is 9.65. The van der Waals surface area contributed by atoms with E-state index in [0.29, 0.717) is 12.1 Å². The smallest absolute Gasteiger partial charge is 0.416 e. The van der Waals surface area contributed by atoms with E-state index in [4.69, 9.17) is 49.8 Å². The van der Waals surface area contributed by atoms with Gasteiger partial charge in [-0.3, -0.25) is 4.79 Å². The summed E-state index contributed by atoms with van der Waals surface area (Å²) in [4.78, 5) is 12.8. The third-order valence-electron chi connectivity index (χ3n) is 4.58. The van der Waals surface area contributed by atoms with Crippen molar-refractivity contribution in [3.8, 4) is 0 Å². The number of Topliss-reactive ketones (excluding diaryl/α,β-unsaturated/α-hetero) is 1. The number of alkyl halides is 3. The van der Waals surface area contributed by atoms with Crippen molar-refractivity contribution in [3.05, 3.63) is 81.9 Å². The van der Waals surface area contributed by atoms with Crippen LogP contribution in [0.4, 0.5) is 13.2 Å². The van der Waals surface area contributed by atoms with Crippen LogP contribution in [0.15, 0.2) is 60.2 Å². The molecule has 0 fully saturated rings. The molecule has 0 amide bonds. The van der Waals surface area contributed by atoms with E-state index in [-0.39, 0.29) is 16.1 Å². The van der Waals surface area contributed by atoms with E-state index in [0.717, 1.165) is 12.1 Å². The average Bonchev–Trinajstić information content (AvgIpc) is 2.91. The van der Waals surface area contributed by atoms with Crippen LogP contribution >= 0.6 is 11.6 Å². The second-order valence-corrected chi connectivity index (χ2v) is 8.96. The van der Waals surface area contributed by atoms with E-state index >= 15 is 0 Å². The number of nitrogens with two attached hydrogens (primary N) is 1. The first-order chi connectivity index (χ1) is 14.6. The maximum Gasteiger partial charge on any atom is 0.416 e. The number of ether oxygens (including phenoxy) is 1. The molecule has 1 aliphatic heterocycles. The van der Waals surface area contributed by atoms with Crippen LogP contribution in [0.5, 0.6) is 0 Å². The molecule has 1 aliphatic rings. The summed E-state index contributed by atoms with van der Waals surface area (Å²) in [5.41, 5.74) is 1.77. The normalized spacial score (nSPS) is 19.7. The molecule has 14 heteroatoms. The summed E-state index contributed by atoms with van der Waals surface area (Å²) in [5, 5.41) is 0.277. The molecular formula is C18H10B3ClF3NO5S. The van der Waals surface area contributed by atoms with Gasteiger partial charge >= 0.3 is 16.3 Å². The van der Waals surface area contributed by atoms with Gasteiger partial charge in [0.05, 0.1) is 25.8 Å². The highest BCUT2D eigenvalue weighted by Gasteiger charge is 2.50. The third kappa shape index (κ3) is 4.11. The number of benzene rings is 2. The van der Waals surface area contributed by atoms with E-state index in [9.17, 15) is 26.4 Å². The molecule has 0 saturated carbocycles. The second-order valence-electron chi connectivity index (χ2n) is 6.77. The van der Waals surface area contributed by atoms with Gasteiger partial charge in [-0.2, -0.15) is 21.6 Å². The molecule has 1 unspecified atom stereocenters. The predicted octanol–water partition coefficient (Wildman–Crippen LogP) is 1.90. The van der Waals surface area contributed by atoms with Crippen LogP contribution in [-0.4, -0.2) is 37.7 Å². The lowest BCUT2D eigenvalue weighted by molar-refractivity contribution is -0.137. The van der Waals surface area contributed by atoms with Gasteiger partial charge in [-0.25, -0.2) is 0 Å². The third-order valence-corrected chi connectivity index (χ3v) is 6.28. The van der Waals surface area contributed by atoms with Gasteiger partial charge in [0.2, 0.25) is 17.4 Å². The zero-order valence-electron chi connectivity index (χ0n) is 15.9. The fourth-order valence-electron chi connectivity index (χ4n) is 2.76. The Morgan fingerprint density at radius 1 is 1.00 bits per heavy atom. The van der Waals surface area contributed by atoms with Crippen molar-refractivity contribution >= 4 is 51.0 Å². The van der Waals surface area contributed by atoms with Gasteiger partial charge in [0, 0.05) is 5.02 Å². The standard InChI is InChI=1S/C18H10B3ClF3NO5S/c19-16(9-1-3-11(4-2-9)18(23,24)25)14(27)13(15(26)30-16)31-32(28,29)17(20,21)10-5-7-12(22)8-6-10/h1-8H,26H2. The summed E-state index contributed by atoms with van der Waals surface area (Å²) in [6.45, 7) is 0. The van der Waals surface area contributed by atoms with Gasteiger partial charge in [0.15, 0.2) is 5.50 Å². The molecule has 32 heavy (non-hydrogen) atoms. The minimum Gasteiger partial charge on any atom is -0.467 e. The first-order valence-corrected chi connectivity index (χ1v) is 10.4. The van der Waals surface area contributed by atoms with Crippen LogP contribution in [0.1, 0.15) is 16.7 Å². The SMILES string of the molecule is [B]C1(c2ccc(C(F)(F)F)cc2)OC(N)=C(OS(=O)(=O)C([B])([B])c2ccc(Cl)cc2)C1=O. The fourth-order valence-corrected chi connectivity index (χ4v) is 3.82. The van der Waals surface area contributed by atoms with Crippen LogP contribution in [0.2, 0.25) is 5.02 Å². The molecule has 0 spiro atoms. The Hall–Kier alpha value is -2.53. The molecule has 3 rings (SSSR count). The molecule has 0 aromatic heterocycles. The molecule has 6 radical (unpaired) electrons. The average molecular weight is 477 g/mol. The highest BCUT2D eigenvalue weighted by atomic mass is 35.5. The molecule has 2 aromatic carbocycles. The Morgan fingerprint density at radius 3 is 2.00 bits per heavy atom. The van der Waals surface area contributed by atoms with E-state index in [1.807, 2.05) is 0 Å². The van der Waals surface area contributed by atoms with Gasteiger partial charge in [-0.1, -0.05) is 35.9 Å². The minimum atomic E-state index is -4.96. The number of ketones is 1. The van der Waals surface area contributed by atoms with Crippen LogP contribution < -0.4 is 5.73 Å². The van der Waals surface area contributed by atoms with Crippen molar-refractivity contribution in [1.29, 1.82) is 0 Å². The van der Waals surface area contributed by atoms with Crippen molar-refractivity contribution < 1.29 is 35.3 Å². The summed E-state index contributed by atoms with van der Waals surface area (Å²) in [6, 6.07) is 8.20. The maximum absolute atomic E-state index is 12.8. The molecule has 160 valence electrons. The fraction of sp³-hybridized carbons (Fsp3) is 0.167.